The van der Waals surface area contributed by atoms with E-state index in [-0.39, 0.29) is 23.2 Å². The zero-order valence-electron chi connectivity index (χ0n) is 25.6. The van der Waals surface area contributed by atoms with Crippen molar-refractivity contribution < 1.29 is 9.90 Å². The highest BCUT2D eigenvalue weighted by Gasteiger charge is 2.32. The van der Waals surface area contributed by atoms with Gasteiger partial charge < -0.3 is 14.6 Å². The lowest BCUT2D eigenvalue weighted by atomic mass is 9.71. The Morgan fingerprint density at radius 2 is 1.86 bits per heavy atom. The second kappa shape index (κ2) is 11.8. The van der Waals surface area contributed by atoms with Crippen molar-refractivity contribution in [3.05, 3.63) is 65.4 Å². The summed E-state index contributed by atoms with van der Waals surface area (Å²) in [5, 5.41) is 9.94. The maximum Gasteiger partial charge on any atom is 0.178 e. The average molecular weight is 568 g/mol. The SMILES string of the molecule is Cn1cncc1-c1ccc([C@@H](CCN2CCC(O)CC2)CC(=O)C2=Nc3cc4c(nc3C2)CC[C@H](C(C)(C)C)C4)cc1. The Hall–Kier alpha value is -3.16. The summed E-state index contributed by atoms with van der Waals surface area (Å²) in [7, 11) is 2.00. The number of aromatic nitrogens is 3. The number of Topliss-reactive ketones (excluding diaryl/α,β-unsaturated/α-hetero) is 1. The molecule has 4 heterocycles. The van der Waals surface area contributed by atoms with Gasteiger partial charge in [-0.2, -0.15) is 0 Å². The van der Waals surface area contributed by atoms with E-state index in [0.717, 1.165) is 74.4 Å². The molecule has 1 aliphatic carbocycles. The van der Waals surface area contributed by atoms with Crippen molar-refractivity contribution in [3.8, 4) is 11.3 Å². The molecule has 7 nitrogen and oxygen atoms in total. The largest absolute Gasteiger partial charge is 0.393 e. The number of piperidine rings is 1. The number of carbonyl (C=O) groups is 1. The van der Waals surface area contributed by atoms with Crippen LogP contribution >= 0.6 is 0 Å². The molecule has 2 atom stereocenters. The number of aliphatic hydroxyl groups excluding tert-OH is 1. The fourth-order valence-corrected chi connectivity index (χ4v) is 6.94. The highest BCUT2D eigenvalue weighted by molar-refractivity contribution is 6.41. The number of carbonyl (C=O) groups excluding carboxylic acids is 1. The Bertz CT molecular complexity index is 1460. The second-order valence-corrected chi connectivity index (χ2v) is 13.8. The van der Waals surface area contributed by atoms with Crippen molar-refractivity contribution in [1.29, 1.82) is 0 Å². The molecule has 2 aliphatic heterocycles. The van der Waals surface area contributed by atoms with Gasteiger partial charge in [-0.15, -0.1) is 0 Å². The Labute approximate surface area is 250 Å². The van der Waals surface area contributed by atoms with Crippen LogP contribution in [0, 0.1) is 11.3 Å². The third kappa shape index (κ3) is 6.28. The van der Waals surface area contributed by atoms with Crippen LogP contribution < -0.4 is 0 Å². The maximum atomic E-state index is 13.8. The first-order valence-corrected chi connectivity index (χ1v) is 15.7. The van der Waals surface area contributed by atoms with E-state index in [1.165, 1.54) is 23.2 Å². The van der Waals surface area contributed by atoms with Crippen LogP contribution in [0.3, 0.4) is 0 Å². The van der Waals surface area contributed by atoms with Gasteiger partial charge in [0.1, 0.15) is 0 Å². The topological polar surface area (TPSA) is 83.6 Å². The molecule has 0 saturated carbocycles. The molecule has 222 valence electrons. The van der Waals surface area contributed by atoms with Crippen molar-refractivity contribution in [3.63, 3.8) is 0 Å². The summed E-state index contributed by atoms with van der Waals surface area (Å²) in [5.74, 6) is 0.878. The molecule has 6 rings (SSSR count). The molecule has 42 heavy (non-hydrogen) atoms. The molecule has 0 radical (unpaired) electrons. The molecule has 0 amide bonds. The van der Waals surface area contributed by atoms with E-state index in [1.807, 2.05) is 24.1 Å². The number of nitrogens with zero attached hydrogens (tertiary/aromatic N) is 5. The van der Waals surface area contributed by atoms with Crippen LogP contribution in [0.5, 0.6) is 0 Å². The number of likely N-dealkylation sites (tertiary alicyclic amines) is 1. The predicted molar refractivity (Wildman–Crippen MR) is 167 cm³/mol. The number of pyridine rings is 1. The monoisotopic (exact) mass is 567 g/mol. The fourth-order valence-electron chi connectivity index (χ4n) is 6.94. The highest BCUT2D eigenvalue weighted by Crippen LogP contribution is 2.39. The van der Waals surface area contributed by atoms with Crippen molar-refractivity contribution in [2.75, 3.05) is 19.6 Å². The summed E-state index contributed by atoms with van der Waals surface area (Å²) < 4.78 is 2.02. The molecule has 1 saturated heterocycles. The number of ketones is 1. The molecule has 0 unspecified atom stereocenters. The van der Waals surface area contributed by atoms with Gasteiger partial charge in [0.05, 0.1) is 41.4 Å². The van der Waals surface area contributed by atoms with E-state index in [4.69, 9.17) is 9.98 Å². The number of fused-ring (bicyclic) bond motifs is 2. The zero-order chi connectivity index (χ0) is 29.4. The molecule has 2 aromatic heterocycles. The number of hydrogen-bond donors (Lipinski definition) is 1. The molecule has 0 bridgehead atoms. The number of aliphatic imine (C=N–C) groups is 1. The van der Waals surface area contributed by atoms with E-state index in [9.17, 15) is 9.90 Å². The summed E-state index contributed by atoms with van der Waals surface area (Å²) >= 11 is 0. The van der Waals surface area contributed by atoms with Gasteiger partial charge in [-0.3, -0.25) is 9.78 Å². The molecular formula is C35H45N5O2. The standard InChI is InChI=1S/C35H45N5O2/c1-35(2,3)27-9-10-29-26(17-27)18-30-31(37-29)20-32(38-30)34(42)19-25(11-14-40-15-12-28(41)13-16-40)23-5-7-24(8-6-23)33-21-36-22-39(33)4/h5-8,18,21-22,25,27-28,41H,9-17,19-20H2,1-4H3/t25-,27-/m0/s1. The fraction of sp³-hybridized carbons (Fsp3) is 0.543. The first-order valence-electron chi connectivity index (χ1n) is 15.7. The van der Waals surface area contributed by atoms with E-state index < -0.39 is 0 Å². The van der Waals surface area contributed by atoms with Crippen molar-refractivity contribution >= 4 is 17.2 Å². The van der Waals surface area contributed by atoms with Crippen LogP contribution in [0.15, 0.2) is 47.8 Å². The van der Waals surface area contributed by atoms with E-state index in [1.54, 1.807) is 0 Å². The van der Waals surface area contributed by atoms with Crippen LogP contribution in [0.1, 0.15) is 81.3 Å². The quantitative estimate of drug-likeness (QED) is 0.369. The van der Waals surface area contributed by atoms with Crippen LogP contribution in [-0.2, 0) is 31.1 Å². The first kappa shape index (κ1) is 28.9. The molecule has 7 heteroatoms. The van der Waals surface area contributed by atoms with Crippen LogP contribution in [-0.4, -0.2) is 61.8 Å². The van der Waals surface area contributed by atoms with Gasteiger partial charge in [-0.05, 0) is 85.1 Å². The summed E-state index contributed by atoms with van der Waals surface area (Å²) in [6.45, 7) is 9.73. The molecule has 1 fully saturated rings. The average Bonchev–Trinajstić information content (AvgIpc) is 3.59. The van der Waals surface area contributed by atoms with E-state index in [2.05, 4.69) is 61.0 Å². The molecule has 1 N–H and O–H groups in total. The van der Waals surface area contributed by atoms with Crippen LogP contribution in [0.4, 0.5) is 5.69 Å². The van der Waals surface area contributed by atoms with E-state index in [0.29, 0.717) is 24.5 Å². The predicted octanol–water partition coefficient (Wildman–Crippen LogP) is 5.85. The molecule has 0 spiro atoms. The maximum absolute atomic E-state index is 13.8. The lowest BCUT2D eigenvalue weighted by Crippen LogP contribution is -2.37. The number of benzene rings is 1. The first-order chi connectivity index (χ1) is 20.1. The van der Waals surface area contributed by atoms with Crippen molar-refractivity contribution in [2.45, 2.75) is 84.2 Å². The second-order valence-electron chi connectivity index (χ2n) is 13.8. The summed E-state index contributed by atoms with van der Waals surface area (Å²) in [4.78, 5) is 30.4. The van der Waals surface area contributed by atoms with Gasteiger partial charge >= 0.3 is 0 Å². The smallest absolute Gasteiger partial charge is 0.178 e. The summed E-state index contributed by atoms with van der Waals surface area (Å²) in [5.41, 5.74) is 8.70. The van der Waals surface area contributed by atoms with Crippen molar-refractivity contribution in [1.82, 2.24) is 19.4 Å². The Kier molecular flexibility index (Phi) is 8.16. The molecule has 3 aliphatic rings. The Balaban J connectivity index is 1.18. The lowest BCUT2D eigenvalue weighted by Gasteiger charge is -2.34. The van der Waals surface area contributed by atoms with E-state index >= 15 is 0 Å². The third-order valence-electron chi connectivity index (χ3n) is 9.86. The lowest BCUT2D eigenvalue weighted by molar-refractivity contribution is -0.113. The molecule has 3 aromatic rings. The number of hydrogen-bond acceptors (Lipinski definition) is 6. The summed E-state index contributed by atoms with van der Waals surface area (Å²) in [6, 6.07) is 10.8. The highest BCUT2D eigenvalue weighted by atomic mass is 16.3. The molecular weight excluding hydrogens is 522 g/mol. The number of imidazole rings is 1. The van der Waals surface area contributed by atoms with Gasteiger partial charge in [-0.25, -0.2) is 9.98 Å². The summed E-state index contributed by atoms with van der Waals surface area (Å²) in [6.07, 6.45) is 10.3. The van der Waals surface area contributed by atoms with Gasteiger partial charge in [0.2, 0.25) is 0 Å². The minimum absolute atomic E-state index is 0.102. The van der Waals surface area contributed by atoms with Crippen LogP contribution in [0.25, 0.3) is 11.3 Å². The number of rotatable bonds is 8. The number of aryl methyl sites for hydroxylation is 2. The Morgan fingerprint density at radius 1 is 1.10 bits per heavy atom. The third-order valence-corrected chi connectivity index (χ3v) is 9.86. The molecule has 1 aromatic carbocycles. The van der Waals surface area contributed by atoms with Gasteiger partial charge in [-0.1, -0.05) is 45.0 Å². The van der Waals surface area contributed by atoms with Crippen molar-refractivity contribution in [2.24, 2.45) is 23.4 Å². The minimum atomic E-state index is -0.182. The van der Waals surface area contributed by atoms with Gasteiger partial charge in [0.15, 0.2) is 5.78 Å². The normalized spacial score (nSPS) is 20.2. The van der Waals surface area contributed by atoms with Crippen LogP contribution in [0.2, 0.25) is 0 Å². The minimum Gasteiger partial charge on any atom is -0.393 e. The Morgan fingerprint density at radius 3 is 2.55 bits per heavy atom. The van der Waals surface area contributed by atoms with Gasteiger partial charge in [0.25, 0.3) is 0 Å². The zero-order valence-corrected chi connectivity index (χ0v) is 25.6. The number of aliphatic hydroxyl groups is 1. The van der Waals surface area contributed by atoms with Gasteiger partial charge in [0, 0.05) is 38.7 Å².